The fourth-order valence-electron chi connectivity index (χ4n) is 1.89. The molecule has 0 aliphatic carbocycles. The summed E-state index contributed by atoms with van der Waals surface area (Å²) in [5.74, 6) is 0.739. The van der Waals surface area contributed by atoms with Crippen molar-refractivity contribution in [3.63, 3.8) is 0 Å². The van der Waals surface area contributed by atoms with Crippen molar-refractivity contribution in [2.75, 3.05) is 7.11 Å². The Labute approximate surface area is 123 Å². The Morgan fingerprint density at radius 1 is 1.26 bits per heavy atom. The van der Waals surface area contributed by atoms with Gasteiger partial charge in [0, 0.05) is 4.47 Å². The van der Waals surface area contributed by atoms with Gasteiger partial charge in [-0.05, 0) is 49.4 Å². The summed E-state index contributed by atoms with van der Waals surface area (Å²) in [4.78, 5) is 11.7. The van der Waals surface area contributed by atoms with Gasteiger partial charge in [0.1, 0.15) is 5.75 Å². The van der Waals surface area contributed by atoms with Gasteiger partial charge in [-0.25, -0.2) is 4.79 Å². The second-order valence-corrected chi connectivity index (χ2v) is 5.92. The van der Waals surface area contributed by atoms with Gasteiger partial charge < -0.3 is 9.47 Å². The number of methoxy groups -OCH3 is 1. The Morgan fingerprint density at radius 3 is 2.21 bits per heavy atom. The van der Waals surface area contributed by atoms with Crippen LogP contribution in [-0.4, -0.2) is 19.2 Å². The van der Waals surface area contributed by atoms with Gasteiger partial charge in [-0.15, -0.1) is 0 Å². The van der Waals surface area contributed by atoms with Crippen molar-refractivity contribution in [2.24, 2.45) is 5.92 Å². The third-order valence-corrected chi connectivity index (χ3v) is 4.09. The Bertz CT molecular complexity index is 432. The predicted octanol–water partition coefficient (Wildman–Crippen LogP) is 4.03. The van der Waals surface area contributed by atoms with Crippen LogP contribution in [0.5, 0.6) is 5.75 Å². The van der Waals surface area contributed by atoms with Gasteiger partial charge in [0.2, 0.25) is 0 Å². The first-order valence-corrected chi connectivity index (χ1v) is 7.15. The van der Waals surface area contributed by atoms with Crippen LogP contribution in [0.25, 0.3) is 0 Å². The normalized spacial score (nSPS) is 12.4. The van der Waals surface area contributed by atoms with E-state index in [1.807, 2.05) is 26.0 Å². The minimum atomic E-state index is -0.551. The topological polar surface area (TPSA) is 35.5 Å². The number of hydrogen-bond acceptors (Lipinski definition) is 3. The second kappa shape index (κ2) is 6.94. The van der Waals surface area contributed by atoms with Crippen molar-refractivity contribution in [1.82, 2.24) is 0 Å². The molecule has 0 heterocycles. The van der Waals surface area contributed by atoms with Crippen LogP contribution in [0.4, 0.5) is 0 Å². The molecule has 0 N–H and O–H groups in total. The van der Waals surface area contributed by atoms with Crippen LogP contribution in [0.15, 0.2) is 16.6 Å². The summed E-state index contributed by atoms with van der Waals surface area (Å²) < 4.78 is 11.7. The van der Waals surface area contributed by atoms with Crippen molar-refractivity contribution in [1.29, 1.82) is 0 Å². The van der Waals surface area contributed by atoms with Crippen LogP contribution in [0, 0.1) is 19.8 Å². The lowest BCUT2D eigenvalue weighted by atomic mass is 10.1. The van der Waals surface area contributed by atoms with Crippen molar-refractivity contribution in [2.45, 2.75) is 40.2 Å². The minimum Gasteiger partial charge on any atom is -0.479 e. The maximum absolute atomic E-state index is 11.7. The molecule has 0 amide bonds. The maximum Gasteiger partial charge on any atom is 0.347 e. The molecule has 1 aromatic rings. The molecule has 0 fully saturated rings. The number of benzene rings is 1. The lowest BCUT2D eigenvalue weighted by molar-refractivity contribution is -0.149. The van der Waals surface area contributed by atoms with Crippen LogP contribution in [0.3, 0.4) is 0 Å². The predicted molar refractivity (Wildman–Crippen MR) is 79.5 cm³/mol. The van der Waals surface area contributed by atoms with Gasteiger partial charge >= 0.3 is 5.97 Å². The van der Waals surface area contributed by atoms with E-state index in [9.17, 15) is 4.79 Å². The third-order valence-electron chi connectivity index (χ3n) is 2.84. The summed E-state index contributed by atoms with van der Waals surface area (Å²) >= 11 is 3.52. The number of rotatable bonds is 5. The minimum absolute atomic E-state index is 0.327. The molecule has 0 aliphatic heterocycles. The van der Waals surface area contributed by atoms with E-state index in [0.717, 1.165) is 15.6 Å². The van der Waals surface area contributed by atoms with Crippen LogP contribution < -0.4 is 4.74 Å². The van der Waals surface area contributed by atoms with E-state index in [2.05, 4.69) is 29.8 Å². The average Bonchev–Trinajstić information content (AvgIpc) is 2.33. The molecule has 0 saturated heterocycles. The van der Waals surface area contributed by atoms with Crippen LogP contribution in [-0.2, 0) is 9.53 Å². The van der Waals surface area contributed by atoms with Crippen LogP contribution >= 0.6 is 15.9 Å². The van der Waals surface area contributed by atoms with E-state index in [1.54, 1.807) is 0 Å². The van der Waals surface area contributed by atoms with Crippen molar-refractivity contribution >= 4 is 21.9 Å². The molecular formula is C15H21BrO3. The van der Waals surface area contributed by atoms with E-state index < -0.39 is 6.10 Å². The van der Waals surface area contributed by atoms with Crippen molar-refractivity contribution in [3.05, 3.63) is 27.7 Å². The summed E-state index contributed by atoms with van der Waals surface area (Å²) in [7, 11) is 1.39. The fraction of sp³-hybridized carbons (Fsp3) is 0.533. The van der Waals surface area contributed by atoms with Gasteiger partial charge in [0.15, 0.2) is 6.10 Å². The maximum atomic E-state index is 11.7. The number of aryl methyl sites for hydroxylation is 2. The monoisotopic (exact) mass is 328 g/mol. The quantitative estimate of drug-likeness (QED) is 0.765. The molecular weight excluding hydrogens is 308 g/mol. The Kier molecular flexibility index (Phi) is 5.85. The molecule has 1 aromatic carbocycles. The Morgan fingerprint density at radius 2 is 1.79 bits per heavy atom. The zero-order valence-corrected chi connectivity index (χ0v) is 13.7. The summed E-state index contributed by atoms with van der Waals surface area (Å²) in [6.07, 6.45) is 0.0888. The summed E-state index contributed by atoms with van der Waals surface area (Å²) in [6, 6.07) is 3.85. The van der Waals surface area contributed by atoms with E-state index in [4.69, 9.17) is 9.47 Å². The zero-order valence-electron chi connectivity index (χ0n) is 12.1. The molecule has 1 unspecified atom stereocenters. The van der Waals surface area contributed by atoms with Gasteiger partial charge in [-0.3, -0.25) is 0 Å². The molecule has 0 radical (unpaired) electrons. The number of esters is 1. The largest absolute Gasteiger partial charge is 0.479 e. The highest BCUT2D eigenvalue weighted by atomic mass is 79.9. The van der Waals surface area contributed by atoms with Gasteiger partial charge in [-0.2, -0.15) is 0 Å². The fourth-order valence-corrected chi connectivity index (χ4v) is 2.12. The van der Waals surface area contributed by atoms with E-state index in [-0.39, 0.29) is 5.97 Å². The summed E-state index contributed by atoms with van der Waals surface area (Å²) in [6.45, 7) is 8.10. The summed E-state index contributed by atoms with van der Waals surface area (Å²) in [5, 5.41) is 0. The first kappa shape index (κ1) is 16.0. The smallest absolute Gasteiger partial charge is 0.347 e. The molecule has 3 nitrogen and oxygen atoms in total. The van der Waals surface area contributed by atoms with Crippen molar-refractivity contribution in [3.8, 4) is 5.75 Å². The van der Waals surface area contributed by atoms with Crippen molar-refractivity contribution < 1.29 is 14.3 Å². The van der Waals surface area contributed by atoms with E-state index in [1.165, 1.54) is 7.11 Å². The highest BCUT2D eigenvalue weighted by molar-refractivity contribution is 9.10. The molecule has 0 saturated carbocycles. The Balaban J connectivity index is 2.93. The van der Waals surface area contributed by atoms with Gasteiger partial charge in [-0.1, -0.05) is 29.8 Å². The van der Waals surface area contributed by atoms with Gasteiger partial charge in [0.05, 0.1) is 7.11 Å². The van der Waals surface area contributed by atoms with E-state index >= 15 is 0 Å². The molecule has 1 rings (SSSR count). The molecule has 0 aromatic heterocycles. The lowest BCUT2D eigenvalue weighted by Crippen LogP contribution is -2.30. The highest BCUT2D eigenvalue weighted by Gasteiger charge is 2.22. The number of carbonyl (C=O) groups is 1. The lowest BCUT2D eigenvalue weighted by Gasteiger charge is -2.19. The summed E-state index contributed by atoms with van der Waals surface area (Å²) in [5.41, 5.74) is 2.17. The molecule has 1 atom stereocenters. The van der Waals surface area contributed by atoms with Crippen LogP contribution in [0.1, 0.15) is 31.4 Å². The van der Waals surface area contributed by atoms with E-state index in [0.29, 0.717) is 18.1 Å². The first-order valence-electron chi connectivity index (χ1n) is 6.36. The number of ether oxygens (including phenoxy) is 2. The number of halogens is 1. The molecule has 0 spiro atoms. The van der Waals surface area contributed by atoms with Crippen LogP contribution in [0.2, 0.25) is 0 Å². The SMILES string of the molecule is COC(=O)C(CC(C)C)Oc1cc(C)c(Br)c(C)c1. The average molecular weight is 329 g/mol. The molecule has 4 heteroatoms. The van der Waals surface area contributed by atoms with Gasteiger partial charge in [0.25, 0.3) is 0 Å². The standard InChI is InChI=1S/C15H21BrO3/c1-9(2)6-13(15(17)18-5)19-12-7-10(3)14(16)11(4)8-12/h7-9,13H,6H2,1-5H3. The highest BCUT2D eigenvalue weighted by Crippen LogP contribution is 2.27. The number of carbonyl (C=O) groups excluding carboxylic acids is 1. The number of hydrogen-bond donors (Lipinski definition) is 0. The second-order valence-electron chi connectivity index (χ2n) is 5.13. The molecule has 0 bridgehead atoms. The molecule has 0 aliphatic rings. The Hall–Kier alpha value is -1.03. The molecule has 19 heavy (non-hydrogen) atoms. The zero-order chi connectivity index (χ0) is 14.6. The molecule has 106 valence electrons. The third kappa shape index (κ3) is 4.53. The first-order chi connectivity index (χ1) is 8.85.